The van der Waals surface area contributed by atoms with Gasteiger partial charge < -0.3 is 14.5 Å². The predicted octanol–water partition coefficient (Wildman–Crippen LogP) is 1.92. The van der Waals surface area contributed by atoms with Gasteiger partial charge in [-0.2, -0.15) is 0 Å². The van der Waals surface area contributed by atoms with Crippen LogP contribution in [-0.2, 0) is 17.6 Å². The Morgan fingerprint density at radius 3 is 3.17 bits per heavy atom. The van der Waals surface area contributed by atoms with Crippen molar-refractivity contribution in [3.63, 3.8) is 0 Å². The summed E-state index contributed by atoms with van der Waals surface area (Å²) in [6, 6.07) is 6.20. The molecule has 1 aliphatic rings. The first-order valence-electron chi connectivity index (χ1n) is 6.56. The highest BCUT2D eigenvalue weighted by Gasteiger charge is 2.17. The normalized spacial score (nSPS) is 20.4. The molecule has 0 aliphatic carbocycles. The van der Waals surface area contributed by atoms with E-state index in [0.29, 0.717) is 0 Å². The maximum Gasteiger partial charge on any atom is 0.198 e. The lowest BCUT2D eigenvalue weighted by Gasteiger charge is -2.22. The summed E-state index contributed by atoms with van der Waals surface area (Å²) in [5.41, 5.74) is 3.11. The Morgan fingerprint density at radius 1 is 1.44 bits per heavy atom. The van der Waals surface area contributed by atoms with Gasteiger partial charge in [0.15, 0.2) is 11.5 Å². The second-order valence-electron chi connectivity index (χ2n) is 4.66. The lowest BCUT2D eigenvalue weighted by atomic mass is 10.1. The van der Waals surface area contributed by atoms with Crippen molar-refractivity contribution in [1.82, 2.24) is 10.3 Å². The minimum Gasteiger partial charge on any atom is -0.441 e. The monoisotopic (exact) mass is 246 g/mol. The Labute approximate surface area is 106 Å². The Hall–Kier alpha value is -1.39. The van der Waals surface area contributed by atoms with Crippen LogP contribution >= 0.6 is 0 Å². The lowest BCUT2D eigenvalue weighted by molar-refractivity contribution is 0.0257. The summed E-state index contributed by atoms with van der Waals surface area (Å²) in [4.78, 5) is 4.54. The third kappa shape index (κ3) is 2.40. The molecule has 0 saturated carbocycles. The first-order chi connectivity index (χ1) is 8.85. The Kier molecular flexibility index (Phi) is 3.30. The van der Waals surface area contributed by atoms with Crippen LogP contribution in [0.4, 0.5) is 0 Å². The molecule has 1 aromatic heterocycles. The SMILES string of the molecule is CCc1ccc2oc(CC3CNCCO3)nc2c1. The van der Waals surface area contributed by atoms with E-state index in [9.17, 15) is 0 Å². The first kappa shape index (κ1) is 11.7. The molecule has 1 N–H and O–H groups in total. The average Bonchev–Trinajstić information content (AvgIpc) is 2.80. The van der Waals surface area contributed by atoms with Crippen molar-refractivity contribution in [3.8, 4) is 0 Å². The predicted molar refractivity (Wildman–Crippen MR) is 69.7 cm³/mol. The largest absolute Gasteiger partial charge is 0.441 e. The number of morpholine rings is 1. The molecule has 1 unspecified atom stereocenters. The average molecular weight is 246 g/mol. The standard InChI is InChI=1S/C14H18N2O2/c1-2-10-3-4-13-12(7-10)16-14(18-13)8-11-9-15-5-6-17-11/h3-4,7,11,15H,2,5-6,8-9H2,1H3. The third-order valence-corrected chi connectivity index (χ3v) is 3.31. The molecule has 1 fully saturated rings. The van der Waals surface area contributed by atoms with E-state index in [0.717, 1.165) is 49.5 Å². The van der Waals surface area contributed by atoms with E-state index >= 15 is 0 Å². The van der Waals surface area contributed by atoms with Crippen molar-refractivity contribution >= 4 is 11.1 Å². The van der Waals surface area contributed by atoms with E-state index < -0.39 is 0 Å². The number of aryl methyl sites for hydroxylation is 1. The van der Waals surface area contributed by atoms with Crippen LogP contribution in [0.25, 0.3) is 11.1 Å². The Morgan fingerprint density at radius 2 is 2.39 bits per heavy atom. The van der Waals surface area contributed by atoms with Crippen LogP contribution in [-0.4, -0.2) is 30.8 Å². The molecule has 0 spiro atoms. The van der Waals surface area contributed by atoms with Gasteiger partial charge in [0.25, 0.3) is 0 Å². The van der Waals surface area contributed by atoms with Crippen molar-refractivity contribution in [2.75, 3.05) is 19.7 Å². The third-order valence-electron chi connectivity index (χ3n) is 3.31. The van der Waals surface area contributed by atoms with Crippen LogP contribution in [0, 0.1) is 0 Å². The number of aromatic nitrogens is 1. The summed E-state index contributed by atoms with van der Waals surface area (Å²) in [6.07, 6.45) is 1.94. The zero-order chi connectivity index (χ0) is 12.4. The van der Waals surface area contributed by atoms with Gasteiger partial charge >= 0.3 is 0 Å². The summed E-state index contributed by atoms with van der Waals surface area (Å²) in [6.45, 7) is 4.72. The highest BCUT2D eigenvalue weighted by molar-refractivity contribution is 5.73. The summed E-state index contributed by atoms with van der Waals surface area (Å²) in [7, 11) is 0. The molecule has 1 aromatic carbocycles. The molecule has 3 rings (SSSR count). The van der Waals surface area contributed by atoms with E-state index in [-0.39, 0.29) is 6.10 Å². The number of hydrogen-bond donors (Lipinski definition) is 1. The minimum absolute atomic E-state index is 0.178. The van der Waals surface area contributed by atoms with E-state index in [1.54, 1.807) is 0 Å². The number of oxazole rings is 1. The second kappa shape index (κ2) is 5.08. The molecule has 0 radical (unpaired) electrons. The second-order valence-corrected chi connectivity index (χ2v) is 4.66. The molecular formula is C14H18N2O2. The molecule has 0 bridgehead atoms. The summed E-state index contributed by atoms with van der Waals surface area (Å²) >= 11 is 0. The maximum absolute atomic E-state index is 5.75. The van der Waals surface area contributed by atoms with Crippen molar-refractivity contribution in [2.24, 2.45) is 0 Å². The molecule has 2 heterocycles. The van der Waals surface area contributed by atoms with Crippen LogP contribution in [0.3, 0.4) is 0 Å². The highest BCUT2D eigenvalue weighted by atomic mass is 16.5. The van der Waals surface area contributed by atoms with Crippen LogP contribution < -0.4 is 5.32 Å². The molecule has 0 amide bonds. The van der Waals surface area contributed by atoms with Gasteiger partial charge in [-0.05, 0) is 24.1 Å². The zero-order valence-corrected chi connectivity index (χ0v) is 10.6. The smallest absolute Gasteiger partial charge is 0.198 e. The Bertz CT molecular complexity index is 530. The van der Waals surface area contributed by atoms with Gasteiger partial charge in [0.05, 0.1) is 19.1 Å². The van der Waals surface area contributed by atoms with Gasteiger partial charge in [0, 0.05) is 13.1 Å². The van der Waals surface area contributed by atoms with Crippen molar-refractivity contribution in [2.45, 2.75) is 25.9 Å². The van der Waals surface area contributed by atoms with Crippen LogP contribution in [0.1, 0.15) is 18.4 Å². The number of ether oxygens (including phenoxy) is 1. The van der Waals surface area contributed by atoms with Crippen LogP contribution in [0.15, 0.2) is 22.6 Å². The van der Waals surface area contributed by atoms with Crippen molar-refractivity contribution < 1.29 is 9.15 Å². The van der Waals surface area contributed by atoms with E-state index in [1.165, 1.54) is 5.56 Å². The number of hydrogen-bond acceptors (Lipinski definition) is 4. The van der Waals surface area contributed by atoms with Gasteiger partial charge in [-0.3, -0.25) is 0 Å². The topological polar surface area (TPSA) is 47.3 Å². The van der Waals surface area contributed by atoms with E-state index in [1.807, 2.05) is 6.07 Å². The van der Waals surface area contributed by atoms with Crippen molar-refractivity contribution in [3.05, 3.63) is 29.7 Å². The summed E-state index contributed by atoms with van der Waals surface area (Å²) in [5, 5.41) is 3.31. The van der Waals surface area contributed by atoms with E-state index in [2.05, 4.69) is 29.4 Å². The van der Waals surface area contributed by atoms with Gasteiger partial charge in [0.2, 0.25) is 0 Å². The number of nitrogens with one attached hydrogen (secondary N) is 1. The highest BCUT2D eigenvalue weighted by Crippen LogP contribution is 2.19. The number of fused-ring (bicyclic) bond motifs is 1. The van der Waals surface area contributed by atoms with Gasteiger partial charge in [0.1, 0.15) is 5.52 Å². The molecule has 1 atom stereocenters. The van der Waals surface area contributed by atoms with Crippen LogP contribution in [0.2, 0.25) is 0 Å². The zero-order valence-electron chi connectivity index (χ0n) is 10.6. The maximum atomic E-state index is 5.75. The molecule has 18 heavy (non-hydrogen) atoms. The number of rotatable bonds is 3. The fraction of sp³-hybridized carbons (Fsp3) is 0.500. The summed E-state index contributed by atoms with van der Waals surface area (Å²) in [5.74, 6) is 0.770. The van der Waals surface area contributed by atoms with Gasteiger partial charge in [-0.15, -0.1) is 0 Å². The van der Waals surface area contributed by atoms with Gasteiger partial charge in [-0.25, -0.2) is 4.98 Å². The molecule has 1 aliphatic heterocycles. The quantitative estimate of drug-likeness (QED) is 0.899. The number of nitrogens with zero attached hydrogens (tertiary/aromatic N) is 1. The molecule has 96 valence electrons. The molecule has 4 heteroatoms. The minimum atomic E-state index is 0.178. The first-order valence-corrected chi connectivity index (χ1v) is 6.56. The van der Waals surface area contributed by atoms with Gasteiger partial charge in [-0.1, -0.05) is 13.0 Å². The fourth-order valence-corrected chi connectivity index (χ4v) is 2.27. The fourth-order valence-electron chi connectivity index (χ4n) is 2.27. The van der Waals surface area contributed by atoms with E-state index in [4.69, 9.17) is 9.15 Å². The number of benzene rings is 1. The Balaban J connectivity index is 1.79. The summed E-state index contributed by atoms with van der Waals surface area (Å²) < 4.78 is 11.4. The van der Waals surface area contributed by atoms with Crippen LogP contribution in [0.5, 0.6) is 0 Å². The molecule has 4 nitrogen and oxygen atoms in total. The van der Waals surface area contributed by atoms with Crippen molar-refractivity contribution in [1.29, 1.82) is 0 Å². The molecular weight excluding hydrogens is 228 g/mol. The lowest BCUT2D eigenvalue weighted by Crippen LogP contribution is -2.39. The molecule has 2 aromatic rings. The molecule has 1 saturated heterocycles.